The molecule has 0 aliphatic heterocycles. The van der Waals surface area contributed by atoms with Gasteiger partial charge in [0.05, 0.1) is 5.84 Å². The number of hydrogen-bond acceptors (Lipinski definition) is 2. The lowest BCUT2D eigenvalue weighted by Crippen LogP contribution is -2.28. The number of aryl methyl sites for hydroxylation is 1. The summed E-state index contributed by atoms with van der Waals surface area (Å²) in [5.74, 6) is -0.581. The molecule has 4 heteroatoms. The molecule has 0 saturated carbocycles. The molecule has 138 valence electrons. The molecule has 0 amide bonds. The van der Waals surface area contributed by atoms with Crippen molar-refractivity contribution < 1.29 is 9.90 Å². The maximum atomic E-state index is 10.9. The van der Waals surface area contributed by atoms with Crippen molar-refractivity contribution in [3.05, 3.63) is 71.8 Å². The minimum Gasteiger partial charge on any atom is -0.481 e. The Morgan fingerprint density at radius 3 is 2.12 bits per heavy atom. The van der Waals surface area contributed by atoms with Gasteiger partial charge in [0.25, 0.3) is 0 Å². The van der Waals surface area contributed by atoms with Crippen molar-refractivity contribution in [2.75, 3.05) is 0 Å². The molecular weight excluding hydrogens is 324 g/mol. The van der Waals surface area contributed by atoms with Crippen molar-refractivity contribution in [1.82, 2.24) is 0 Å². The van der Waals surface area contributed by atoms with E-state index in [1.807, 2.05) is 48.5 Å². The van der Waals surface area contributed by atoms with Gasteiger partial charge in [0.1, 0.15) is 0 Å². The Morgan fingerprint density at radius 2 is 1.54 bits per heavy atom. The summed E-state index contributed by atoms with van der Waals surface area (Å²) in [6.07, 6.45) is 4.44. The summed E-state index contributed by atoms with van der Waals surface area (Å²) in [6.45, 7) is 0. The molecule has 0 aromatic heterocycles. The van der Waals surface area contributed by atoms with E-state index in [1.165, 1.54) is 5.56 Å². The first-order valence-corrected chi connectivity index (χ1v) is 9.22. The Hall–Kier alpha value is -2.62. The molecule has 4 N–H and O–H groups in total. The third-order valence-electron chi connectivity index (χ3n) is 4.81. The van der Waals surface area contributed by atoms with Gasteiger partial charge < -0.3 is 10.8 Å². The number of aliphatic carboxylic acids is 1. The van der Waals surface area contributed by atoms with Crippen molar-refractivity contribution in [3.63, 3.8) is 0 Å². The summed E-state index contributed by atoms with van der Waals surface area (Å²) < 4.78 is 0. The molecule has 2 rings (SSSR count). The van der Waals surface area contributed by atoms with Gasteiger partial charge >= 0.3 is 5.97 Å². The number of benzene rings is 2. The maximum absolute atomic E-state index is 10.9. The zero-order chi connectivity index (χ0) is 18.8. The average Bonchev–Trinajstić information content (AvgIpc) is 2.63. The molecule has 0 aliphatic carbocycles. The normalized spacial score (nSPS) is 13.1. The first-order valence-electron chi connectivity index (χ1n) is 9.22. The fourth-order valence-corrected chi connectivity index (χ4v) is 3.57. The molecule has 0 aliphatic rings. The van der Waals surface area contributed by atoms with E-state index in [0.29, 0.717) is 6.42 Å². The Labute approximate surface area is 155 Å². The zero-order valence-electron chi connectivity index (χ0n) is 15.1. The lowest BCUT2D eigenvalue weighted by atomic mass is 9.79. The van der Waals surface area contributed by atoms with E-state index < -0.39 is 5.97 Å². The fraction of sp³-hybridized carbons (Fsp3) is 0.364. The summed E-state index contributed by atoms with van der Waals surface area (Å²) >= 11 is 0. The molecule has 2 aromatic carbocycles. The first kappa shape index (κ1) is 19.7. The van der Waals surface area contributed by atoms with Crippen LogP contribution in [-0.4, -0.2) is 16.9 Å². The van der Waals surface area contributed by atoms with E-state index in [-0.39, 0.29) is 24.1 Å². The van der Waals surface area contributed by atoms with Crippen molar-refractivity contribution in [2.45, 2.75) is 44.4 Å². The first-order chi connectivity index (χ1) is 12.6. The molecule has 0 heterocycles. The molecule has 2 atom stereocenters. The van der Waals surface area contributed by atoms with Crippen molar-refractivity contribution in [1.29, 1.82) is 5.41 Å². The quantitative estimate of drug-likeness (QED) is 0.408. The molecule has 0 radical (unpaired) electrons. The summed E-state index contributed by atoms with van der Waals surface area (Å²) in [4.78, 5) is 10.9. The summed E-state index contributed by atoms with van der Waals surface area (Å²) in [6, 6.07) is 20.2. The van der Waals surface area contributed by atoms with E-state index in [4.69, 9.17) is 16.2 Å². The number of nitrogens with one attached hydrogen (secondary N) is 1. The predicted molar refractivity (Wildman–Crippen MR) is 105 cm³/mol. The zero-order valence-corrected chi connectivity index (χ0v) is 15.1. The molecule has 0 spiro atoms. The van der Waals surface area contributed by atoms with Crippen molar-refractivity contribution in [2.24, 2.45) is 11.7 Å². The van der Waals surface area contributed by atoms with Crippen LogP contribution < -0.4 is 5.73 Å². The van der Waals surface area contributed by atoms with Gasteiger partial charge in [-0.15, -0.1) is 0 Å². The predicted octanol–water partition coefficient (Wildman–Crippen LogP) is 4.60. The maximum Gasteiger partial charge on any atom is 0.303 e. The summed E-state index contributed by atoms with van der Waals surface area (Å²) in [7, 11) is 0. The molecule has 4 nitrogen and oxygen atoms in total. The molecule has 0 saturated heterocycles. The molecule has 2 unspecified atom stereocenters. The SMILES string of the molecule is N=C(N)C(c1ccccc1)C(CCCC(=O)O)CCCc1ccccc1. The number of carbonyl (C=O) groups is 1. The molecular formula is C22H28N2O2. The van der Waals surface area contributed by atoms with Gasteiger partial charge in [-0.1, -0.05) is 60.7 Å². The molecule has 26 heavy (non-hydrogen) atoms. The standard InChI is InChI=1S/C22H28N2O2/c23-22(24)21(18-12-5-2-6-13-18)19(15-8-16-20(25)26)14-7-11-17-9-3-1-4-10-17/h1-6,9-10,12-13,19,21H,7-8,11,14-16H2,(H3,23,24)(H,25,26). The van der Waals surface area contributed by atoms with Crippen molar-refractivity contribution >= 4 is 11.8 Å². The number of hydrogen-bond donors (Lipinski definition) is 3. The second-order valence-corrected chi connectivity index (χ2v) is 6.77. The highest BCUT2D eigenvalue weighted by atomic mass is 16.4. The lowest BCUT2D eigenvalue weighted by molar-refractivity contribution is -0.137. The highest BCUT2D eigenvalue weighted by molar-refractivity contribution is 5.84. The lowest BCUT2D eigenvalue weighted by Gasteiger charge is -2.27. The van der Waals surface area contributed by atoms with Crippen LogP contribution in [0.15, 0.2) is 60.7 Å². The summed E-state index contributed by atoms with van der Waals surface area (Å²) in [5.41, 5.74) is 8.29. The van der Waals surface area contributed by atoms with Gasteiger partial charge in [-0.3, -0.25) is 10.2 Å². The van der Waals surface area contributed by atoms with E-state index in [1.54, 1.807) is 0 Å². The smallest absolute Gasteiger partial charge is 0.303 e. The Balaban J connectivity index is 2.07. The minimum absolute atomic E-state index is 0.152. The van der Waals surface area contributed by atoms with Gasteiger partial charge in [-0.05, 0) is 49.1 Å². The van der Waals surface area contributed by atoms with Crippen LogP contribution in [0.1, 0.15) is 49.1 Å². The van der Waals surface area contributed by atoms with Crippen LogP contribution in [-0.2, 0) is 11.2 Å². The van der Waals surface area contributed by atoms with Crippen LogP contribution in [0.3, 0.4) is 0 Å². The van der Waals surface area contributed by atoms with Crippen LogP contribution in [0, 0.1) is 11.3 Å². The summed E-state index contributed by atoms with van der Waals surface area (Å²) in [5, 5.41) is 17.0. The van der Waals surface area contributed by atoms with E-state index in [0.717, 1.165) is 31.2 Å². The van der Waals surface area contributed by atoms with Crippen LogP contribution in [0.25, 0.3) is 0 Å². The van der Waals surface area contributed by atoms with E-state index >= 15 is 0 Å². The van der Waals surface area contributed by atoms with Gasteiger partial charge in [-0.25, -0.2) is 0 Å². The third kappa shape index (κ3) is 6.36. The Kier molecular flexibility index (Phi) is 7.87. The molecule has 2 aromatic rings. The van der Waals surface area contributed by atoms with Crippen LogP contribution in [0.5, 0.6) is 0 Å². The second-order valence-electron chi connectivity index (χ2n) is 6.77. The van der Waals surface area contributed by atoms with E-state index in [9.17, 15) is 4.79 Å². The highest BCUT2D eigenvalue weighted by Gasteiger charge is 2.25. The van der Waals surface area contributed by atoms with Crippen LogP contribution >= 0.6 is 0 Å². The fourth-order valence-electron chi connectivity index (χ4n) is 3.57. The number of nitrogens with two attached hydrogens (primary N) is 1. The second kappa shape index (κ2) is 10.4. The molecule has 0 fully saturated rings. The number of carboxylic acid groups (broad SMARTS) is 1. The molecule has 0 bridgehead atoms. The largest absolute Gasteiger partial charge is 0.481 e. The van der Waals surface area contributed by atoms with E-state index in [2.05, 4.69) is 12.1 Å². The Bertz CT molecular complexity index is 686. The van der Waals surface area contributed by atoms with Crippen molar-refractivity contribution in [3.8, 4) is 0 Å². The Morgan fingerprint density at radius 1 is 0.962 bits per heavy atom. The van der Waals surface area contributed by atoms with Gasteiger partial charge in [0, 0.05) is 12.3 Å². The minimum atomic E-state index is -0.771. The highest BCUT2D eigenvalue weighted by Crippen LogP contribution is 2.32. The monoisotopic (exact) mass is 352 g/mol. The number of rotatable bonds is 11. The van der Waals surface area contributed by atoms with Gasteiger partial charge in [-0.2, -0.15) is 0 Å². The average molecular weight is 352 g/mol. The number of amidine groups is 1. The van der Waals surface area contributed by atoms with Gasteiger partial charge in [0.2, 0.25) is 0 Å². The van der Waals surface area contributed by atoms with Crippen LogP contribution in [0.4, 0.5) is 0 Å². The topological polar surface area (TPSA) is 87.2 Å². The third-order valence-corrected chi connectivity index (χ3v) is 4.81. The van der Waals surface area contributed by atoms with Gasteiger partial charge in [0.15, 0.2) is 0 Å². The number of carboxylic acids is 1. The van der Waals surface area contributed by atoms with Crippen LogP contribution in [0.2, 0.25) is 0 Å².